The second kappa shape index (κ2) is 13.6. The minimum absolute atomic E-state index is 0.0242. The maximum absolute atomic E-state index is 12.3. The van der Waals surface area contributed by atoms with Crippen molar-refractivity contribution in [2.75, 3.05) is 14.2 Å². The number of rotatable bonds is 4. The average molecular weight is 553 g/mol. The van der Waals surface area contributed by atoms with Gasteiger partial charge >= 0.3 is 5.97 Å². The van der Waals surface area contributed by atoms with E-state index >= 15 is 0 Å². The highest BCUT2D eigenvalue weighted by atomic mass is 127. The molecule has 3 rings (SSSR count). The van der Waals surface area contributed by atoms with Gasteiger partial charge in [0.05, 0.1) is 13.0 Å². The standard InChI is InChI=1S/C16H20INO2.C7H4O3S/c1-18-12-7-8-14(18)15(16(19)20-2)13(9-12)10-3-5-11(17)6-4-10;1-2-3-4-5-6-7-11-10-9-8/h3-6,12-15H,7-9H2,1-2H3;8H,1H3. The summed E-state index contributed by atoms with van der Waals surface area (Å²) >= 11 is 2.94. The third kappa shape index (κ3) is 7.43. The summed E-state index contributed by atoms with van der Waals surface area (Å²) < 4.78 is 10.3. The molecular formula is C23H24INO5S. The van der Waals surface area contributed by atoms with Gasteiger partial charge in [-0.1, -0.05) is 23.1 Å². The molecule has 2 aliphatic rings. The first-order valence-corrected chi connectivity index (χ1v) is 11.5. The van der Waals surface area contributed by atoms with Crippen molar-refractivity contribution in [3.8, 4) is 34.9 Å². The van der Waals surface area contributed by atoms with Gasteiger partial charge in [-0.3, -0.25) is 9.69 Å². The van der Waals surface area contributed by atoms with Crippen molar-refractivity contribution in [2.45, 2.75) is 44.2 Å². The van der Waals surface area contributed by atoms with E-state index in [2.05, 4.69) is 103 Å². The second-order valence-corrected chi connectivity index (χ2v) is 8.74. The zero-order valence-electron chi connectivity index (χ0n) is 17.6. The minimum Gasteiger partial charge on any atom is -0.469 e. The van der Waals surface area contributed by atoms with Gasteiger partial charge in [0.2, 0.25) is 0 Å². The molecular weight excluding hydrogens is 529 g/mol. The molecule has 4 atom stereocenters. The molecule has 164 valence electrons. The minimum atomic E-state index is -0.0502. The van der Waals surface area contributed by atoms with E-state index in [-0.39, 0.29) is 11.9 Å². The number of ether oxygens (including phenoxy) is 1. The van der Waals surface area contributed by atoms with Gasteiger partial charge in [-0.2, -0.15) is 0 Å². The molecule has 1 aromatic carbocycles. The van der Waals surface area contributed by atoms with E-state index in [1.807, 2.05) is 0 Å². The number of benzene rings is 1. The van der Waals surface area contributed by atoms with Crippen LogP contribution in [0, 0.1) is 44.3 Å². The molecule has 31 heavy (non-hydrogen) atoms. The van der Waals surface area contributed by atoms with Crippen molar-refractivity contribution < 1.29 is 24.2 Å². The maximum Gasteiger partial charge on any atom is 0.310 e. The van der Waals surface area contributed by atoms with E-state index in [4.69, 9.17) is 9.99 Å². The van der Waals surface area contributed by atoms with E-state index in [1.54, 1.807) is 6.92 Å². The lowest BCUT2D eigenvalue weighted by Crippen LogP contribution is -2.49. The number of fused-ring (bicyclic) bond motifs is 2. The van der Waals surface area contributed by atoms with Crippen molar-refractivity contribution >= 4 is 40.6 Å². The SMILES string of the molecule is CC#CC#CC#CSOOO.COC(=O)C1C(c2ccc(I)cc2)CC2CCC1N2C. The molecule has 1 aromatic rings. The van der Waals surface area contributed by atoms with Crippen molar-refractivity contribution in [1.82, 2.24) is 4.90 Å². The van der Waals surface area contributed by atoms with Gasteiger partial charge in [-0.05, 0) is 91.3 Å². The largest absolute Gasteiger partial charge is 0.469 e. The summed E-state index contributed by atoms with van der Waals surface area (Å²) in [6.45, 7) is 1.68. The lowest BCUT2D eigenvalue weighted by atomic mass is 9.76. The molecule has 2 fully saturated rings. The number of hydrogen-bond donors (Lipinski definition) is 1. The lowest BCUT2D eigenvalue weighted by molar-refractivity contribution is -0.431. The van der Waals surface area contributed by atoms with Crippen LogP contribution in [-0.2, 0) is 18.9 Å². The summed E-state index contributed by atoms with van der Waals surface area (Å²) in [6, 6.07) is 9.56. The zero-order chi connectivity index (χ0) is 22.6. The molecule has 4 unspecified atom stereocenters. The first kappa shape index (κ1) is 25.5. The molecule has 8 heteroatoms. The van der Waals surface area contributed by atoms with E-state index in [1.165, 1.54) is 22.7 Å². The maximum atomic E-state index is 12.3. The van der Waals surface area contributed by atoms with E-state index in [0.29, 0.717) is 30.0 Å². The molecule has 2 saturated heterocycles. The predicted octanol–water partition coefficient (Wildman–Crippen LogP) is 4.07. The fourth-order valence-electron chi connectivity index (χ4n) is 4.18. The third-order valence-electron chi connectivity index (χ3n) is 5.51. The van der Waals surface area contributed by atoms with Crippen molar-refractivity contribution in [2.24, 2.45) is 5.92 Å². The number of methoxy groups -OCH3 is 1. The van der Waals surface area contributed by atoms with Crippen LogP contribution < -0.4 is 0 Å². The summed E-state index contributed by atoms with van der Waals surface area (Å²) in [7, 11) is 3.66. The number of carbonyl (C=O) groups excluding carboxylic acids is 1. The molecule has 6 nitrogen and oxygen atoms in total. The smallest absolute Gasteiger partial charge is 0.310 e. The van der Waals surface area contributed by atoms with Crippen LogP contribution in [0.15, 0.2) is 24.3 Å². The number of halogens is 1. The fraction of sp³-hybridized carbons (Fsp3) is 0.435. The Morgan fingerprint density at radius 3 is 2.55 bits per heavy atom. The van der Waals surface area contributed by atoms with Crippen molar-refractivity contribution in [3.05, 3.63) is 33.4 Å². The second-order valence-electron chi connectivity index (χ2n) is 6.98. The van der Waals surface area contributed by atoms with Crippen molar-refractivity contribution in [3.63, 3.8) is 0 Å². The molecule has 0 aliphatic carbocycles. The van der Waals surface area contributed by atoms with E-state index in [0.717, 1.165) is 12.8 Å². The fourth-order valence-corrected chi connectivity index (χ4v) is 4.70. The Hall–Kier alpha value is -1.71. The Morgan fingerprint density at radius 1 is 1.19 bits per heavy atom. The number of carbonyl (C=O) groups is 1. The van der Waals surface area contributed by atoms with Gasteiger partial charge in [-0.25, -0.2) is 5.26 Å². The molecule has 2 bridgehead atoms. The van der Waals surface area contributed by atoms with Gasteiger partial charge in [0.15, 0.2) is 0 Å². The topological polar surface area (TPSA) is 68.2 Å². The Morgan fingerprint density at radius 2 is 1.90 bits per heavy atom. The molecule has 0 aromatic heterocycles. The highest BCUT2D eigenvalue weighted by Crippen LogP contribution is 2.46. The highest BCUT2D eigenvalue weighted by molar-refractivity contribution is 14.1. The number of piperidine rings is 1. The molecule has 1 N–H and O–H groups in total. The normalized spacial score (nSPS) is 23.5. The number of hydrogen-bond acceptors (Lipinski definition) is 7. The summed E-state index contributed by atoms with van der Waals surface area (Å²) in [4.78, 5) is 14.7. The first-order chi connectivity index (χ1) is 15.0. The summed E-state index contributed by atoms with van der Waals surface area (Å²) in [5.41, 5.74) is 1.28. The van der Waals surface area contributed by atoms with Crippen LogP contribution >= 0.6 is 34.6 Å². The quantitative estimate of drug-likeness (QED) is 0.115. The van der Waals surface area contributed by atoms with Gasteiger partial charge in [0.1, 0.15) is 12.0 Å². The summed E-state index contributed by atoms with van der Waals surface area (Å²) in [5.74, 6) is 12.6. The number of esters is 1. The monoisotopic (exact) mass is 553 g/mol. The van der Waals surface area contributed by atoms with Gasteiger partial charge in [0, 0.05) is 32.7 Å². The first-order valence-electron chi connectivity index (χ1n) is 9.64. The highest BCUT2D eigenvalue weighted by Gasteiger charge is 2.49. The zero-order valence-corrected chi connectivity index (χ0v) is 20.5. The average Bonchev–Trinajstić information content (AvgIpc) is 3.01. The van der Waals surface area contributed by atoms with Crippen LogP contribution in [0.5, 0.6) is 0 Å². The van der Waals surface area contributed by atoms with Crippen LogP contribution in [-0.4, -0.2) is 42.4 Å². The number of nitrogens with zero attached hydrogens (tertiary/aromatic N) is 1. The third-order valence-corrected chi connectivity index (χ3v) is 6.54. The summed E-state index contributed by atoms with van der Waals surface area (Å²) in [5, 5.41) is 13.3. The van der Waals surface area contributed by atoms with Gasteiger partial charge < -0.3 is 4.74 Å². The lowest BCUT2D eigenvalue weighted by Gasteiger charge is -2.41. The molecule has 0 radical (unpaired) electrons. The van der Waals surface area contributed by atoms with Crippen LogP contribution in [0.1, 0.15) is 37.7 Å². The Kier molecular flexibility index (Phi) is 11.2. The van der Waals surface area contributed by atoms with Crippen LogP contribution in [0.3, 0.4) is 0 Å². The molecule has 2 aliphatic heterocycles. The van der Waals surface area contributed by atoms with E-state index < -0.39 is 0 Å². The van der Waals surface area contributed by atoms with Gasteiger partial charge in [0.25, 0.3) is 0 Å². The van der Waals surface area contributed by atoms with Crippen LogP contribution in [0.2, 0.25) is 0 Å². The van der Waals surface area contributed by atoms with Crippen LogP contribution in [0.25, 0.3) is 0 Å². The predicted molar refractivity (Wildman–Crippen MR) is 128 cm³/mol. The Bertz CT molecular complexity index is 919. The molecule has 2 heterocycles. The van der Waals surface area contributed by atoms with Crippen LogP contribution in [0.4, 0.5) is 0 Å². The molecule has 0 saturated carbocycles. The van der Waals surface area contributed by atoms with Crippen molar-refractivity contribution in [1.29, 1.82) is 0 Å². The molecule has 0 amide bonds. The Labute approximate surface area is 201 Å². The van der Waals surface area contributed by atoms with E-state index in [9.17, 15) is 4.79 Å². The summed E-state index contributed by atoms with van der Waals surface area (Å²) in [6.07, 6.45) is 3.38. The molecule has 0 spiro atoms. The Balaban J connectivity index is 0.000000267. The van der Waals surface area contributed by atoms with Gasteiger partial charge in [-0.15, -0.1) is 4.33 Å².